The lowest BCUT2D eigenvalue weighted by Crippen LogP contribution is -2.51. The number of halogens is 2. The molecule has 0 unspecified atom stereocenters. The van der Waals surface area contributed by atoms with Gasteiger partial charge < -0.3 is 20.6 Å². The monoisotopic (exact) mass is 437 g/mol. The molecule has 3 atom stereocenters. The number of amides is 1. The van der Waals surface area contributed by atoms with Crippen molar-refractivity contribution in [3.8, 4) is 11.1 Å². The number of nitrogens with one attached hydrogen (secondary N) is 1. The Labute approximate surface area is 178 Å². The summed E-state index contributed by atoms with van der Waals surface area (Å²) in [4.78, 5) is 22.9. The number of carbonyl (C=O) groups excluding carboxylic acids is 1. The Hall–Kier alpha value is -2.38. The molecule has 0 aliphatic carbocycles. The Morgan fingerprint density at radius 2 is 1.62 bits per heavy atom. The van der Waals surface area contributed by atoms with Crippen LogP contribution in [0.3, 0.4) is 0 Å². The van der Waals surface area contributed by atoms with Crippen molar-refractivity contribution in [2.24, 2.45) is 0 Å². The molecule has 0 aliphatic heterocycles. The molecule has 1 amide bonds. The predicted octanol–water partition coefficient (Wildman–Crippen LogP) is 3.07. The summed E-state index contributed by atoms with van der Waals surface area (Å²) in [5.41, 5.74) is 2.41. The van der Waals surface area contributed by atoms with E-state index in [-0.39, 0.29) is 12.8 Å². The van der Waals surface area contributed by atoms with E-state index in [0.717, 1.165) is 16.7 Å². The van der Waals surface area contributed by atoms with E-state index >= 15 is 0 Å². The number of aliphatic carboxylic acids is 1. The number of carbonyl (C=O) groups is 2. The van der Waals surface area contributed by atoms with E-state index in [1.54, 1.807) is 30.3 Å². The van der Waals surface area contributed by atoms with Crippen LogP contribution in [0, 0.1) is 0 Å². The summed E-state index contributed by atoms with van der Waals surface area (Å²) in [5.74, 6) is -2.01. The number of hydrogen-bond donors (Lipinski definition) is 4. The summed E-state index contributed by atoms with van der Waals surface area (Å²) < 4.78 is 0. The molecular formula is C21H21Cl2NO5. The van der Waals surface area contributed by atoms with Gasteiger partial charge in [0.2, 0.25) is 5.91 Å². The van der Waals surface area contributed by atoms with Crippen LogP contribution < -0.4 is 5.32 Å². The van der Waals surface area contributed by atoms with Crippen molar-refractivity contribution in [3.63, 3.8) is 0 Å². The van der Waals surface area contributed by atoms with Crippen LogP contribution in [0.1, 0.15) is 12.0 Å². The lowest BCUT2D eigenvalue weighted by atomic mass is 9.95. The molecule has 0 saturated heterocycles. The summed E-state index contributed by atoms with van der Waals surface area (Å²) in [6, 6.07) is 11.4. The van der Waals surface area contributed by atoms with Crippen molar-refractivity contribution in [1.82, 2.24) is 5.32 Å². The van der Waals surface area contributed by atoms with Crippen molar-refractivity contribution in [2.75, 3.05) is 0 Å². The van der Waals surface area contributed by atoms with Gasteiger partial charge in [0.05, 0.1) is 6.04 Å². The first kappa shape index (κ1) is 22.9. The second kappa shape index (κ2) is 10.4. The van der Waals surface area contributed by atoms with Crippen molar-refractivity contribution >= 4 is 35.1 Å². The lowest BCUT2D eigenvalue weighted by Gasteiger charge is -2.26. The first-order valence-electron chi connectivity index (χ1n) is 8.76. The van der Waals surface area contributed by atoms with Crippen molar-refractivity contribution in [1.29, 1.82) is 0 Å². The Morgan fingerprint density at radius 1 is 1.03 bits per heavy atom. The zero-order chi connectivity index (χ0) is 21.6. The minimum absolute atomic E-state index is 0.000844. The fraction of sp³-hybridized carbons (Fsp3) is 0.238. The van der Waals surface area contributed by atoms with Crippen LogP contribution in [0.2, 0.25) is 10.0 Å². The summed E-state index contributed by atoms with van der Waals surface area (Å²) in [7, 11) is 0. The van der Waals surface area contributed by atoms with Gasteiger partial charge in [-0.1, -0.05) is 53.5 Å². The summed E-state index contributed by atoms with van der Waals surface area (Å²) in [5, 5.41) is 32.4. The average Bonchev–Trinajstić information content (AvgIpc) is 2.66. The van der Waals surface area contributed by atoms with Crippen LogP contribution in [0.25, 0.3) is 11.1 Å². The van der Waals surface area contributed by atoms with E-state index in [0.29, 0.717) is 10.0 Å². The number of aliphatic hydroxyl groups is 2. The molecule has 154 valence electrons. The van der Waals surface area contributed by atoms with Gasteiger partial charge >= 0.3 is 5.97 Å². The van der Waals surface area contributed by atoms with Gasteiger partial charge in [-0.05, 0) is 41.3 Å². The summed E-state index contributed by atoms with van der Waals surface area (Å²) in [6.07, 6.45) is -2.21. The van der Waals surface area contributed by atoms with Crippen LogP contribution in [-0.4, -0.2) is 45.4 Å². The highest BCUT2D eigenvalue weighted by Gasteiger charge is 2.32. The number of benzene rings is 2. The van der Waals surface area contributed by atoms with E-state index in [1.165, 1.54) is 6.08 Å². The zero-order valence-electron chi connectivity index (χ0n) is 15.4. The van der Waals surface area contributed by atoms with Crippen LogP contribution in [0.4, 0.5) is 0 Å². The first-order valence-corrected chi connectivity index (χ1v) is 9.51. The first-order chi connectivity index (χ1) is 13.7. The fourth-order valence-electron chi connectivity index (χ4n) is 2.83. The molecule has 2 rings (SSSR count). The zero-order valence-corrected chi connectivity index (χ0v) is 16.9. The standard InChI is InChI=1S/C21H21Cl2NO5/c1-2-3-18(25)24-17(19(26)20(27)21(28)29)8-12-4-6-13(7-5-12)14-9-15(22)11-16(23)10-14/h2,4-7,9-11,17,19-20,26-27H,1,3,8H2,(H,24,25)(H,28,29)/t17-,19-,20+/m0/s1. The Morgan fingerprint density at radius 3 is 2.14 bits per heavy atom. The molecule has 4 N–H and O–H groups in total. The van der Waals surface area contributed by atoms with Gasteiger partial charge in [-0.15, -0.1) is 6.58 Å². The number of rotatable bonds is 9. The molecule has 0 bridgehead atoms. The van der Waals surface area contributed by atoms with Crippen LogP contribution in [0.15, 0.2) is 55.1 Å². The average molecular weight is 438 g/mol. The van der Waals surface area contributed by atoms with Gasteiger partial charge in [-0.3, -0.25) is 4.79 Å². The topological polar surface area (TPSA) is 107 Å². The Bertz CT molecular complexity index is 865. The van der Waals surface area contributed by atoms with E-state index < -0.39 is 30.1 Å². The second-order valence-electron chi connectivity index (χ2n) is 6.50. The lowest BCUT2D eigenvalue weighted by molar-refractivity contribution is -0.154. The number of hydrogen-bond acceptors (Lipinski definition) is 4. The highest BCUT2D eigenvalue weighted by atomic mass is 35.5. The molecule has 0 heterocycles. The normalized spacial score (nSPS) is 13.9. The van der Waals surface area contributed by atoms with Crippen LogP contribution in [-0.2, 0) is 16.0 Å². The van der Waals surface area contributed by atoms with Gasteiger partial charge in [0.1, 0.15) is 6.10 Å². The summed E-state index contributed by atoms with van der Waals surface area (Å²) >= 11 is 12.1. The SMILES string of the molecule is C=CCC(=O)N[C@@H](Cc1ccc(-c2cc(Cl)cc(Cl)c2)cc1)[C@H](O)[C@@H](O)C(=O)O. The highest BCUT2D eigenvalue weighted by molar-refractivity contribution is 6.35. The fourth-order valence-corrected chi connectivity index (χ4v) is 3.35. The van der Waals surface area contributed by atoms with Crippen molar-refractivity contribution in [2.45, 2.75) is 31.1 Å². The van der Waals surface area contributed by atoms with Crippen molar-refractivity contribution < 1.29 is 24.9 Å². The maximum atomic E-state index is 11.9. The number of carboxylic acids is 1. The maximum absolute atomic E-state index is 11.9. The Balaban J connectivity index is 2.21. The predicted molar refractivity (Wildman–Crippen MR) is 112 cm³/mol. The molecule has 0 fully saturated rings. The third-order valence-corrected chi connectivity index (χ3v) is 4.71. The van der Waals surface area contributed by atoms with Gasteiger partial charge in [0, 0.05) is 16.5 Å². The molecule has 0 saturated carbocycles. The second-order valence-corrected chi connectivity index (χ2v) is 7.37. The minimum Gasteiger partial charge on any atom is -0.479 e. The quantitative estimate of drug-likeness (QED) is 0.451. The smallest absolute Gasteiger partial charge is 0.335 e. The summed E-state index contributed by atoms with van der Waals surface area (Å²) in [6.45, 7) is 3.47. The van der Waals surface area contributed by atoms with Gasteiger partial charge in [0.25, 0.3) is 0 Å². The van der Waals surface area contributed by atoms with Gasteiger partial charge in [0.15, 0.2) is 6.10 Å². The maximum Gasteiger partial charge on any atom is 0.335 e. The third-order valence-electron chi connectivity index (χ3n) is 4.27. The minimum atomic E-state index is -2.03. The highest BCUT2D eigenvalue weighted by Crippen LogP contribution is 2.27. The molecule has 29 heavy (non-hydrogen) atoms. The van der Waals surface area contributed by atoms with E-state index in [2.05, 4.69) is 11.9 Å². The molecule has 2 aromatic rings. The molecule has 0 aliphatic rings. The van der Waals surface area contributed by atoms with E-state index in [4.69, 9.17) is 28.3 Å². The molecular weight excluding hydrogens is 417 g/mol. The largest absolute Gasteiger partial charge is 0.479 e. The van der Waals surface area contributed by atoms with E-state index in [9.17, 15) is 19.8 Å². The number of aliphatic hydroxyl groups excluding tert-OH is 2. The van der Waals surface area contributed by atoms with Gasteiger partial charge in [-0.2, -0.15) is 0 Å². The Kier molecular flexibility index (Phi) is 8.22. The van der Waals surface area contributed by atoms with Crippen LogP contribution >= 0.6 is 23.2 Å². The third kappa shape index (κ3) is 6.58. The molecule has 8 heteroatoms. The molecule has 6 nitrogen and oxygen atoms in total. The molecule has 0 radical (unpaired) electrons. The molecule has 0 aromatic heterocycles. The van der Waals surface area contributed by atoms with Crippen LogP contribution in [0.5, 0.6) is 0 Å². The van der Waals surface area contributed by atoms with Gasteiger partial charge in [-0.25, -0.2) is 4.79 Å². The molecule has 0 spiro atoms. The molecule has 2 aromatic carbocycles. The van der Waals surface area contributed by atoms with Crippen molar-refractivity contribution in [3.05, 3.63) is 70.7 Å². The van der Waals surface area contributed by atoms with E-state index in [1.807, 2.05) is 12.1 Å². The number of carboxylic acid groups (broad SMARTS) is 1.